The van der Waals surface area contributed by atoms with Gasteiger partial charge >= 0.3 is 0 Å². The van der Waals surface area contributed by atoms with Gasteiger partial charge in [0.05, 0.1) is 23.3 Å². The van der Waals surface area contributed by atoms with Crippen LogP contribution in [0.1, 0.15) is 5.76 Å². The zero-order valence-electron chi connectivity index (χ0n) is 16.0. The van der Waals surface area contributed by atoms with E-state index in [1.807, 2.05) is 0 Å². The van der Waals surface area contributed by atoms with Gasteiger partial charge in [-0.05, 0) is 31.2 Å². The zero-order chi connectivity index (χ0) is 21.4. The van der Waals surface area contributed by atoms with E-state index in [1.54, 1.807) is 31.3 Å². The number of nitrogens with zero attached hydrogens (tertiary/aromatic N) is 1. The van der Waals surface area contributed by atoms with Gasteiger partial charge in [-0.3, -0.25) is 9.78 Å². The molecule has 158 valence electrons. The molecule has 0 saturated carbocycles. The van der Waals surface area contributed by atoms with Crippen molar-refractivity contribution in [3.05, 3.63) is 58.6 Å². The van der Waals surface area contributed by atoms with Gasteiger partial charge in [0.25, 0.3) is 0 Å². The molecule has 1 saturated heterocycles. The molecule has 9 heteroatoms. The summed E-state index contributed by atoms with van der Waals surface area (Å²) in [6.45, 7) is 1.10. The molecule has 0 spiro atoms. The molecule has 1 fully saturated rings. The van der Waals surface area contributed by atoms with Crippen molar-refractivity contribution < 1.29 is 34.3 Å². The number of aryl methyl sites for hydroxylation is 1. The Morgan fingerprint density at radius 1 is 1.10 bits per heavy atom. The van der Waals surface area contributed by atoms with Crippen LogP contribution in [0.3, 0.4) is 0 Å². The molecule has 0 amide bonds. The minimum atomic E-state index is -1.55. The van der Waals surface area contributed by atoms with Gasteiger partial charge in [0, 0.05) is 12.3 Å². The highest BCUT2D eigenvalue weighted by atomic mass is 16.7. The average molecular weight is 415 g/mol. The summed E-state index contributed by atoms with van der Waals surface area (Å²) in [5.41, 5.74) is 0.893. The van der Waals surface area contributed by atoms with E-state index in [1.165, 1.54) is 18.2 Å². The fourth-order valence-corrected chi connectivity index (χ4v) is 3.46. The van der Waals surface area contributed by atoms with Crippen LogP contribution in [0.25, 0.3) is 22.2 Å². The molecule has 0 aliphatic carbocycles. The van der Waals surface area contributed by atoms with Crippen LogP contribution in [0.5, 0.6) is 5.75 Å². The molecule has 3 heterocycles. The molecule has 1 aliphatic heterocycles. The number of aliphatic hydroxyl groups excluding tert-OH is 4. The number of hydrogen-bond acceptors (Lipinski definition) is 9. The predicted molar refractivity (Wildman–Crippen MR) is 105 cm³/mol. The molecule has 5 atom stereocenters. The van der Waals surface area contributed by atoms with Crippen LogP contribution in [-0.2, 0) is 4.74 Å². The molecular weight excluding hydrogens is 394 g/mol. The molecule has 0 bridgehead atoms. The molecule has 4 rings (SSSR count). The number of aromatic nitrogens is 1. The SMILES string of the molecule is Cc1oc2cc(O[C@@H]3O[C@H](CO)[C@H](O)[C@H](O)[C@H]3O)ccc2c(=O)c1-c1ccccn1. The molecule has 30 heavy (non-hydrogen) atoms. The predicted octanol–water partition coefficient (Wildman–Crippen LogP) is 0.342. The Labute approximate surface area is 170 Å². The number of aliphatic hydroxyl groups is 4. The topological polar surface area (TPSA) is 142 Å². The van der Waals surface area contributed by atoms with E-state index in [-0.39, 0.29) is 16.8 Å². The summed E-state index contributed by atoms with van der Waals surface area (Å²) in [5.74, 6) is 0.594. The lowest BCUT2D eigenvalue weighted by atomic mass is 9.99. The van der Waals surface area contributed by atoms with Crippen LogP contribution in [-0.4, -0.2) is 62.7 Å². The molecular formula is C21H21NO8. The quantitative estimate of drug-likeness (QED) is 0.474. The molecule has 0 radical (unpaired) electrons. The summed E-state index contributed by atoms with van der Waals surface area (Å²) in [6, 6.07) is 9.74. The summed E-state index contributed by atoms with van der Waals surface area (Å²) >= 11 is 0. The minimum Gasteiger partial charge on any atom is -0.462 e. The Balaban J connectivity index is 1.67. The highest BCUT2D eigenvalue weighted by Crippen LogP contribution is 2.28. The summed E-state index contributed by atoms with van der Waals surface area (Å²) in [7, 11) is 0. The zero-order valence-corrected chi connectivity index (χ0v) is 16.0. The summed E-state index contributed by atoms with van der Waals surface area (Å²) < 4.78 is 16.7. The van der Waals surface area contributed by atoms with Crippen molar-refractivity contribution in [2.45, 2.75) is 37.6 Å². The first-order valence-corrected chi connectivity index (χ1v) is 9.36. The summed E-state index contributed by atoms with van der Waals surface area (Å²) in [4.78, 5) is 17.2. The largest absolute Gasteiger partial charge is 0.462 e. The first-order valence-electron chi connectivity index (χ1n) is 9.36. The highest BCUT2D eigenvalue weighted by Gasteiger charge is 2.44. The molecule has 1 aromatic carbocycles. The Morgan fingerprint density at radius 3 is 2.60 bits per heavy atom. The monoisotopic (exact) mass is 415 g/mol. The lowest BCUT2D eigenvalue weighted by molar-refractivity contribution is -0.277. The second-order valence-electron chi connectivity index (χ2n) is 7.05. The van der Waals surface area contributed by atoms with Crippen molar-refractivity contribution in [3.8, 4) is 17.0 Å². The van der Waals surface area contributed by atoms with Crippen LogP contribution in [0, 0.1) is 6.92 Å². The van der Waals surface area contributed by atoms with Crippen LogP contribution < -0.4 is 10.2 Å². The van der Waals surface area contributed by atoms with Crippen molar-refractivity contribution in [2.24, 2.45) is 0 Å². The third-order valence-corrected chi connectivity index (χ3v) is 5.06. The normalized spacial score (nSPS) is 26.6. The Bertz CT molecular complexity index is 1100. The van der Waals surface area contributed by atoms with E-state index in [4.69, 9.17) is 13.9 Å². The van der Waals surface area contributed by atoms with Crippen molar-refractivity contribution >= 4 is 11.0 Å². The van der Waals surface area contributed by atoms with E-state index in [9.17, 15) is 25.2 Å². The van der Waals surface area contributed by atoms with Gasteiger partial charge in [0.1, 0.15) is 41.5 Å². The third-order valence-electron chi connectivity index (χ3n) is 5.06. The maximum atomic E-state index is 13.0. The maximum Gasteiger partial charge on any atom is 0.229 e. The van der Waals surface area contributed by atoms with E-state index < -0.39 is 37.3 Å². The standard InChI is InChI=1S/C21H21NO8/c1-10-16(13-4-2-3-7-22-13)17(24)12-6-5-11(8-14(12)28-10)29-21-20(27)19(26)18(25)15(9-23)30-21/h2-8,15,18-21,23,25-27H,9H2,1H3/t15-,18+,19+,20-,21-/m1/s1. The van der Waals surface area contributed by atoms with E-state index in [2.05, 4.69) is 4.98 Å². The Morgan fingerprint density at radius 2 is 1.90 bits per heavy atom. The van der Waals surface area contributed by atoms with Crippen molar-refractivity contribution in [1.82, 2.24) is 4.98 Å². The van der Waals surface area contributed by atoms with E-state index >= 15 is 0 Å². The molecule has 0 unspecified atom stereocenters. The minimum absolute atomic E-state index is 0.208. The second-order valence-corrected chi connectivity index (χ2v) is 7.05. The number of pyridine rings is 1. The fourth-order valence-electron chi connectivity index (χ4n) is 3.46. The third kappa shape index (κ3) is 3.57. The van der Waals surface area contributed by atoms with Crippen molar-refractivity contribution in [1.29, 1.82) is 0 Å². The van der Waals surface area contributed by atoms with E-state index in [0.29, 0.717) is 22.4 Å². The number of hydrogen-bond donors (Lipinski definition) is 4. The fraction of sp³-hybridized carbons (Fsp3) is 0.333. The molecule has 3 aromatic rings. The van der Waals surface area contributed by atoms with Crippen LogP contribution in [0.4, 0.5) is 0 Å². The average Bonchev–Trinajstić information content (AvgIpc) is 2.74. The Hall–Kier alpha value is -2.82. The van der Waals surface area contributed by atoms with Gasteiger partial charge in [-0.25, -0.2) is 0 Å². The lowest BCUT2D eigenvalue weighted by Crippen LogP contribution is -2.60. The molecule has 1 aliphatic rings. The first-order chi connectivity index (χ1) is 14.4. The van der Waals surface area contributed by atoms with Gasteiger partial charge in [0.2, 0.25) is 11.7 Å². The maximum absolute atomic E-state index is 13.0. The lowest BCUT2D eigenvalue weighted by Gasteiger charge is -2.39. The number of ether oxygens (including phenoxy) is 2. The molecule has 2 aromatic heterocycles. The van der Waals surface area contributed by atoms with Gasteiger partial charge in [-0.1, -0.05) is 6.07 Å². The van der Waals surface area contributed by atoms with Crippen LogP contribution in [0.15, 0.2) is 51.8 Å². The number of fused-ring (bicyclic) bond motifs is 1. The van der Waals surface area contributed by atoms with Crippen LogP contribution in [0.2, 0.25) is 0 Å². The van der Waals surface area contributed by atoms with Gasteiger partial charge in [-0.15, -0.1) is 0 Å². The smallest absolute Gasteiger partial charge is 0.229 e. The first kappa shape index (κ1) is 20.5. The summed E-state index contributed by atoms with van der Waals surface area (Å²) in [5, 5.41) is 39.5. The number of benzene rings is 1. The van der Waals surface area contributed by atoms with Crippen molar-refractivity contribution in [3.63, 3.8) is 0 Å². The van der Waals surface area contributed by atoms with E-state index in [0.717, 1.165) is 0 Å². The van der Waals surface area contributed by atoms with Crippen molar-refractivity contribution in [2.75, 3.05) is 6.61 Å². The molecule has 4 N–H and O–H groups in total. The molecule has 9 nitrogen and oxygen atoms in total. The van der Waals surface area contributed by atoms with Crippen LogP contribution >= 0.6 is 0 Å². The number of rotatable bonds is 4. The van der Waals surface area contributed by atoms with Gasteiger partial charge in [0.15, 0.2) is 0 Å². The second kappa shape index (κ2) is 8.13. The van der Waals surface area contributed by atoms with Gasteiger partial charge < -0.3 is 34.3 Å². The Kier molecular flexibility index (Phi) is 5.54. The van der Waals surface area contributed by atoms with Gasteiger partial charge in [-0.2, -0.15) is 0 Å². The highest BCUT2D eigenvalue weighted by molar-refractivity contribution is 5.83. The summed E-state index contributed by atoms with van der Waals surface area (Å²) in [6.07, 6.45) is -5.41.